The van der Waals surface area contributed by atoms with E-state index in [1.807, 2.05) is 33.3 Å². The molecule has 0 aromatic carbocycles. The summed E-state index contributed by atoms with van der Waals surface area (Å²) in [5.74, 6) is -0.520. The number of ether oxygens (including phenoxy) is 1. The van der Waals surface area contributed by atoms with Crippen LogP contribution in [-0.4, -0.2) is 74.3 Å². The molecule has 0 spiro atoms. The summed E-state index contributed by atoms with van der Waals surface area (Å²) in [6.45, 7) is 6.87. The molecule has 3 atom stereocenters. The Morgan fingerprint density at radius 3 is 1.24 bits per heavy atom. The van der Waals surface area contributed by atoms with E-state index in [1.165, 1.54) is 154 Å². The van der Waals surface area contributed by atoms with Crippen molar-refractivity contribution in [1.29, 1.82) is 0 Å². The van der Waals surface area contributed by atoms with Crippen LogP contribution in [-0.2, 0) is 27.9 Å². The summed E-state index contributed by atoms with van der Waals surface area (Å²) >= 11 is 0. The van der Waals surface area contributed by atoms with Crippen LogP contribution in [0.3, 0.4) is 0 Å². The van der Waals surface area contributed by atoms with Crippen molar-refractivity contribution in [2.75, 3.05) is 40.9 Å². The Morgan fingerprint density at radius 1 is 0.456 bits per heavy atom. The minimum absolute atomic E-state index is 0.0344. The Kier molecular flexibility index (Phi) is 56.3. The van der Waals surface area contributed by atoms with E-state index in [-0.39, 0.29) is 31.5 Å². The molecule has 0 aliphatic heterocycles. The first kappa shape index (κ1) is 76.2. The van der Waals surface area contributed by atoms with Crippen LogP contribution >= 0.6 is 7.82 Å². The Morgan fingerprint density at radius 2 is 0.810 bits per heavy atom. The number of esters is 1. The fourth-order valence-electron chi connectivity index (χ4n) is 9.26. The molecule has 0 aromatic heterocycles. The number of likely N-dealkylation sites (N-methyl/N-ethyl adjacent to an activating group) is 1. The van der Waals surface area contributed by atoms with E-state index in [9.17, 15) is 19.0 Å². The third-order valence-corrected chi connectivity index (χ3v) is 15.3. The molecule has 0 saturated carbocycles. The van der Waals surface area contributed by atoms with Crippen molar-refractivity contribution >= 4 is 19.7 Å². The van der Waals surface area contributed by atoms with E-state index in [2.05, 4.69) is 99.0 Å². The molecule has 0 bridgehead atoms. The number of carbonyl (C=O) groups excluding carboxylic acids is 2. The van der Waals surface area contributed by atoms with Crippen LogP contribution in [0.15, 0.2) is 85.1 Å². The Bertz CT molecular complexity index is 1630. The molecule has 0 aromatic rings. The van der Waals surface area contributed by atoms with E-state index in [4.69, 9.17) is 13.8 Å². The highest BCUT2D eigenvalue weighted by Crippen LogP contribution is 2.43. The smallest absolute Gasteiger partial charge is 0.456 e. The first-order chi connectivity index (χ1) is 38.4. The Balaban J connectivity index is 5.13. The molecule has 0 heterocycles. The molecule has 3 unspecified atom stereocenters. The average Bonchev–Trinajstić information content (AvgIpc) is 3.41. The molecule has 0 aliphatic rings. The number of rotatable bonds is 59. The van der Waals surface area contributed by atoms with Gasteiger partial charge in [-0.05, 0) is 102 Å². The van der Waals surface area contributed by atoms with Gasteiger partial charge in [-0.1, -0.05) is 260 Å². The molecule has 0 fully saturated rings. The van der Waals surface area contributed by atoms with Crippen LogP contribution in [0.5, 0.6) is 0 Å². The van der Waals surface area contributed by atoms with Crippen LogP contribution in [0.1, 0.15) is 290 Å². The van der Waals surface area contributed by atoms with E-state index in [0.717, 1.165) is 103 Å². The lowest BCUT2D eigenvalue weighted by Crippen LogP contribution is -2.47. The minimum Gasteiger partial charge on any atom is -0.456 e. The van der Waals surface area contributed by atoms with Crippen molar-refractivity contribution in [1.82, 2.24) is 5.32 Å². The lowest BCUT2D eigenvalue weighted by Gasteiger charge is -2.27. The maximum Gasteiger partial charge on any atom is 0.472 e. The van der Waals surface area contributed by atoms with Gasteiger partial charge in [-0.3, -0.25) is 18.6 Å². The van der Waals surface area contributed by atoms with Crippen LogP contribution in [0.2, 0.25) is 0 Å². The number of hydrogen-bond acceptors (Lipinski definition) is 6. The van der Waals surface area contributed by atoms with Crippen molar-refractivity contribution in [3.05, 3.63) is 85.1 Å². The summed E-state index contributed by atoms with van der Waals surface area (Å²) in [5.41, 5.74) is 0. The Labute approximate surface area is 488 Å². The van der Waals surface area contributed by atoms with Gasteiger partial charge in [0.2, 0.25) is 5.91 Å². The predicted octanol–water partition coefficient (Wildman–Crippen LogP) is 20.6. The van der Waals surface area contributed by atoms with Crippen LogP contribution < -0.4 is 5.32 Å². The highest BCUT2D eigenvalue weighted by atomic mass is 31.2. The number of unbranched alkanes of at least 4 members (excludes halogenated alkanes) is 31. The molecule has 0 aliphatic carbocycles. The average molecular weight is 1130 g/mol. The number of nitrogens with one attached hydrogen (secondary N) is 1. The zero-order valence-corrected chi connectivity index (χ0v) is 53.2. The highest BCUT2D eigenvalue weighted by Gasteiger charge is 2.30. The van der Waals surface area contributed by atoms with Gasteiger partial charge in [0.1, 0.15) is 19.3 Å². The van der Waals surface area contributed by atoms with Gasteiger partial charge in [-0.25, -0.2) is 4.57 Å². The number of phosphoric acid groups is 1. The molecule has 10 heteroatoms. The van der Waals surface area contributed by atoms with Gasteiger partial charge < -0.3 is 19.4 Å². The molecule has 79 heavy (non-hydrogen) atoms. The van der Waals surface area contributed by atoms with Crippen LogP contribution in [0.4, 0.5) is 0 Å². The van der Waals surface area contributed by atoms with Gasteiger partial charge in [-0.15, -0.1) is 0 Å². The van der Waals surface area contributed by atoms with E-state index in [1.54, 1.807) is 0 Å². The summed E-state index contributed by atoms with van der Waals surface area (Å²) in [6.07, 6.45) is 77.3. The molecule has 9 nitrogen and oxygen atoms in total. The van der Waals surface area contributed by atoms with Gasteiger partial charge in [0.25, 0.3) is 0 Å². The first-order valence-electron chi connectivity index (χ1n) is 32.9. The van der Waals surface area contributed by atoms with Gasteiger partial charge in [0.05, 0.1) is 33.8 Å². The molecule has 1 amide bonds. The third-order valence-electron chi connectivity index (χ3n) is 14.3. The summed E-state index contributed by atoms with van der Waals surface area (Å²) in [7, 11) is 1.48. The van der Waals surface area contributed by atoms with Gasteiger partial charge >= 0.3 is 13.8 Å². The second-order valence-electron chi connectivity index (χ2n) is 23.3. The fraction of sp³-hybridized carbons (Fsp3) is 0.768. The maximum atomic E-state index is 13.6. The molecule has 0 radical (unpaired) electrons. The fourth-order valence-corrected chi connectivity index (χ4v) is 9.99. The van der Waals surface area contributed by atoms with Crippen LogP contribution in [0, 0.1) is 0 Å². The number of hydrogen-bond donors (Lipinski definition) is 2. The second kappa shape index (κ2) is 58.4. The molecule has 0 saturated heterocycles. The lowest BCUT2D eigenvalue weighted by molar-refractivity contribution is -0.870. The van der Waals surface area contributed by atoms with Crippen molar-refractivity contribution in [2.45, 2.75) is 303 Å². The number of nitrogens with zero attached hydrogens (tertiary/aromatic N) is 1. The topological polar surface area (TPSA) is 111 Å². The zero-order valence-electron chi connectivity index (χ0n) is 52.3. The third kappa shape index (κ3) is 59.6. The van der Waals surface area contributed by atoms with Crippen molar-refractivity contribution in [3.63, 3.8) is 0 Å². The quantitative estimate of drug-likeness (QED) is 0.0205. The van der Waals surface area contributed by atoms with Gasteiger partial charge in [-0.2, -0.15) is 0 Å². The summed E-state index contributed by atoms with van der Waals surface area (Å²) in [6, 6.07) is -0.859. The number of phosphoric ester groups is 1. The predicted molar refractivity (Wildman–Crippen MR) is 341 cm³/mol. The SMILES string of the molecule is CC/C=C/C/C=C/C/C=C/CCCCCCCCC(=O)NC(COP(=O)(O)OCC[N+](C)(C)C)C(/C=C\CCCCCCCCCCCC)OC(=O)CCCCCCCCCCCCCC/C=C\C/C=C\C/C=C\CCCCC. The van der Waals surface area contributed by atoms with Crippen LogP contribution in [0.25, 0.3) is 0 Å². The number of allylic oxidation sites excluding steroid dienone is 13. The molecule has 2 N–H and O–H groups in total. The van der Waals surface area contributed by atoms with E-state index >= 15 is 0 Å². The largest absolute Gasteiger partial charge is 0.472 e. The highest BCUT2D eigenvalue weighted by molar-refractivity contribution is 7.47. The maximum absolute atomic E-state index is 13.6. The van der Waals surface area contributed by atoms with Crippen molar-refractivity contribution in [3.8, 4) is 0 Å². The van der Waals surface area contributed by atoms with Crippen molar-refractivity contribution in [2.24, 2.45) is 0 Å². The minimum atomic E-state index is -4.46. The van der Waals surface area contributed by atoms with E-state index < -0.39 is 20.0 Å². The standard InChI is InChI=1S/C69H125N2O7P/c1-7-10-13-16-19-22-25-28-30-32-33-34-35-36-37-38-39-40-42-44-47-50-53-56-59-62-69(73)78-67(60-57-54-51-48-45-27-24-21-18-15-12-9-3)66(65-77-79(74,75)76-64-63-71(4,5)6)70-68(72)61-58-55-52-49-46-43-41-31-29-26-23-20-17-14-11-8-2/h11,14,19-20,22-23,28-31,33-34,57,60,66-67H,7-10,12-13,15-18,21,24-27,32,35-56,58-59,61-65H2,1-6H3,(H-,70,72,74,75)/p+1/b14-11+,22-19-,23-20+,30-28-,31-29+,34-33-,60-57-. The summed E-state index contributed by atoms with van der Waals surface area (Å²) < 4.78 is 30.7. The zero-order chi connectivity index (χ0) is 57.9. The summed E-state index contributed by atoms with van der Waals surface area (Å²) in [5, 5.41) is 3.05. The molecule has 458 valence electrons. The first-order valence-corrected chi connectivity index (χ1v) is 34.4. The second-order valence-corrected chi connectivity index (χ2v) is 24.7. The number of amides is 1. The summed E-state index contributed by atoms with van der Waals surface area (Å²) in [4.78, 5) is 37.8. The van der Waals surface area contributed by atoms with Gasteiger partial charge in [0.15, 0.2) is 0 Å². The van der Waals surface area contributed by atoms with Crippen molar-refractivity contribution < 1.29 is 37.3 Å². The Hall–Kier alpha value is -2.81. The van der Waals surface area contributed by atoms with E-state index in [0.29, 0.717) is 17.4 Å². The molecular weight excluding hydrogens is 1000 g/mol. The molecular formula is C69H126N2O7P+. The molecule has 0 rings (SSSR count). The number of quaternary nitrogens is 1. The number of carbonyl (C=O) groups is 2. The van der Waals surface area contributed by atoms with Gasteiger partial charge in [0, 0.05) is 12.8 Å². The normalized spacial score (nSPS) is 14.2. The monoisotopic (exact) mass is 1130 g/mol. The lowest BCUT2D eigenvalue weighted by atomic mass is 10.0.